The fraction of sp³-hybridized carbons (Fsp3) is 0.167. The summed E-state index contributed by atoms with van der Waals surface area (Å²) in [6.07, 6.45) is 1.82. The fourth-order valence-corrected chi connectivity index (χ4v) is 2.94. The van der Waals surface area contributed by atoms with E-state index >= 15 is 0 Å². The number of carbonyl (C=O) groups is 1. The molecule has 0 saturated carbocycles. The predicted octanol–water partition coefficient (Wildman–Crippen LogP) is 3.27. The van der Waals surface area contributed by atoms with Crippen molar-refractivity contribution in [2.75, 3.05) is 11.4 Å². The van der Waals surface area contributed by atoms with Gasteiger partial charge in [0.25, 0.3) is 0 Å². The van der Waals surface area contributed by atoms with Crippen molar-refractivity contribution in [2.45, 2.75) is 13.0 Å². The molecule has 0 aliphatic carbocycles. The standard InChI is InChI=1S/C18H17BrN4O/c19-14-6-7-16-15(10-14)18(22-12-21-16)23(9-8-17(20)24)11-13-4-2-1-3-5-13/h1-7,10,12H,8-9,11H2,(H2,20,24). The number of halogens is 1. The zero-order valence-electron chi connectivity index (χ0n) is 13.0. The van der Waals surface area contributed by atoms with Crippen LogP contribution in [0.3, 0.4) is 0 Å². The molecule has 3 rings (SSSR count). The molecule has 122 valence electrons. The Morgan fingerprint density at radius 2 is 1.92 bits per heavy atom. The third kappa shape index (κ3) is 3.89. The second-order valence-electron chi connectivity index (χ2n) is 5.48. The molecule has 1 heterocycles. The van der Waals surface area contributed by atoms with Crippen LogP contribution in [0.1, 0.15) is 12.0 Å². The Balaban J connectivity index is 2.01. The zero-order chi connectivity index (χ0) is 16.9. The molecule has 0 aliphatic rings. The smallest absolute Gasteiger partial charge is 0.219 e. The predicted molar refractivity (Wildman–Crippen MR) is 98.5 cm³/mol. The van der Waals surface area contributed by atoms with Crippen LogP contribution in [0.5, 0.6) is 0 Å². The molecule has 0 spiro atoms. The molecule has 0 saturated heterocycles. The first-order valence-electron chi connectivity index (χ1n) is 7.61. The number of nitrogens with two attached hydrogens (primary N) is 1. The van der Waals surface area contributed by atoms with Gasteiger partial charge in [0.2, 0.25) is 5.91 Å². The highest BCUT2D eigenvalue weighted by Crippen LogP contribution is 2.27. The summed E-state index contributed by atoms with van der Waals surface area (Å²) in [5.74, 6) is 0.471. The maximum absolute atomic E-state index is 11.3. The van der Waals surface area contributed by atoms with Crippen LogP contribution < -0.4 is 10.6 Å². The first kappa shape index (κ1) is 16.4. The maximum atomic E-state index is 11.3. The molecule has 0 radical (unpaired) electrons. The van der Waals surface area contributed by atoms with Crippen LogP contribution >= 0.6 is 15.9 Å². The SMILES string of the molecule is NC(=O)CCN(Cc1ccccc1)c1ncnc2ccc(Br)cc12. The average Bonchev–Trinajstić information content (AvgIpc) is 2.59. The molecule has 2 N–H and O–H groups in total. The number of hydrogen-bond acceptors (Lipinski definition) is 4. The molecule has 5 nitrogen and oxygen atoms in total. The van der Waals surface area contributed by atoms with Gasteiger partial charge in [0.1, 0.15) is 12.1 Å². The van der Waals surface area contributed by atoms with Gasteiger partial charge in [-0.1, -0.05) is 46.3 Å². The summed E-state index contributed by atoms with van der Waals surface area (Å²) >= 11 is 3.50. The molecule has 2 aromatic carbocycles. The van der Waals surface area contributed by atoms with Crippen LogP contribution in [-0.4, -0.2) is 22.4 Å². The minimum absolute atomic E-state index is 0.270. The Morgan fingerprint density at radius 1 is 1.12 bits per heavy atom. The first-order chi connectivity index (χ1) is 11.6. The van der Waals surface area contributed by atoms with E-state index in [0.29, 0.717) is 13.1 Å². The number of amides is 1. The Hall–Kier alpha value is -2.47. The van der Waals surface area contributed by atoms with Crippen LogP contribution in [0.4, 0.5) is 5.82 Å². The van der Waals surface area contributed by atoms with E-state index in [1.54, 1.807) is 6.33 Å². The van der Waals surface area contributed by atoms with Crippen molar-refractivity contribution in [2.24, 2.45) is 5.73 Å². The van der Waals surface area contributed by atoms with E-state index in [4.69, 9.17) is 5.73 Å². The second-order valence-corrected chi connectivity index (χ2v) is 6.40. The molecule has 0 fully saturated rings. The summed E-state index contributed by atoms with van der Waals surface area (Å²) in [5.41, 5.74) is 7.35. The topological polar surface area (TPSA) is 72.1 Å². The monoisotopic (exact) mass is 384 g/mol. The highest BCUT2D eigenvalue weighted by Gasteiger charge is 2.14. The van der Waals surface area contributed by atoms with E-state index in [2.05, 4.69) is 42.9 Å². The van der Waals surface area contributed by atoms with Gasteiger partial charge in [-0.05, 0) is 23.8 Å². The molecule has 3 aromatic rings. The lowest BCUT2D eigenvalue weighted by Gasteiger charge is -2.24. The molecule has 0 aliphatic heterocycles. The van der Waals surface area contributed by atoms with Gasteiger partial charge >= 0.3 is 0 Å². The summed E-state index contributed by atoms with van der Waals surface area (Å²) in [7, 11) is 0. The van der Waals surface area contributed by atoms with E-state index in [1.165, 1.54) is 0 Å². The molecular weight excluding hydrogens is 368 g/mol. The quantitative estimate of drug-likeness (QED) is 0.707. The molecule has 0 bridgehead atoms. The second kappa shape index (κ2) is 7.40. The lowest BCUT2D eigenvalue weighted by atomic mass is 10.1. The van der Waals surface area contributed by atoms with Crippen LogP contribution in [0, 0.1) is 0 Å². The van der Waals surface area contributed by atoms with E-state index in [9.17, 15) is 4.79 Å². The minimum atomic E-state index is -0.326. The van der Waals surface area contributed by atoms with Gasteiger partial charge in [0.15, 0.2) is 0 Å². The lowest BCUT2D eigenvalue weighted by molar-refractivity contribution is -0.117. The van der Waals surface area contributed by atoms with Crippen molar-refractivity contribution in [3.05, 3.63) is 64.9 Å². The maximum Gasteiger partial charge on any atom is 0.219 e. The summed E-state index contributed by atoms with van der Waals surface area (Å²) in [5, 5.41) is 0.937. The van der Waals surface area contributed by atoms with Crippen LogP contribution in [0.25, 0.3) is 10.9 Å². The van der Waals surface area contributed by atoms with Gasteiger partial charge in [-0.15, -0.1) is 0 Å². The van der Waals surface area contributed by atoms with Crippen molar-refractivity contribution in [1.29, 1.82) is 0 Å². The largest absolute Gasteiger partial charge is 0.370 e. The van der Waals surface area contributed by atoms with E-state index in [0.717, 1.165) is 26.8 Å². The zero-order valence-corrected chi connectivity index (χ0v) is 14.6. The molecule has 0 atom stereocenters. The van der Waals surface area contributed by atoms with Gasteiger partial charge in [-0.2, -0.15) is 0 Å². The first-order valence-corrected chi connectivity index (χ1v) is 8.40. The normalized spacial score (nSPS) is 10.7. The molecule has 6 heteroatoms. The number of nitrogens with zero attached hydrogens (tertiary/aromatic N) is 3. The molecular formula is C18H17BrN4O. The van der Waals surface area contributed by atoms with Crippen molar-refractivity contribution >= 4 is 38.6 Å². The summed E-state index contributed by atoms with van der Waals surface area (Å²) in [4.78, 5) is 22.1. The highest BCUT2D eigenvalue weighted by atomic mass is 79.9. The third-order valence-electron chi connectivity index (χ3n) is 3.72. The van der Waals surface area contributed by atoms with Gasteiger partial charge in [0, 0.05) is 29.4 Å². The van der Waals surface area contributed by atoms with Crippen LogP contribution in [0.15, 0.2) is 59.3 Å². The average molecular weight is 385 g/mol. The number of hydrogen-bond donors (Lipinski definition) is 1. The van der Waals surface area contributed by atoms with Crippen molar-refractivity contribution in [3.8, 4) is 0 Å². The Kier molecular flexibility index (Phi) is 5.05. The molecule has 24 heavy (non-hydrogen) atoms. The Morgan fingerprint density at radius 3 is 2.67 bits per heavy atom. The number of carbonyl (C=O) groups excluding carboxylic acids is 1. The van der Waals surface area contributed by atoms with Gasteiger partial charge in [0.05, 0.1) is 5.52 Å². The number of rotatable bonds is 6. The Bertz CT molecular complexity index is 854. The van der Waals surface area contributed by atoms with Gasteiger partial charge < -0.3 is 10.6 Å². The van der Waals surface area contributed by atoms with E-state index in [1.807, 2.05) is 36.4 Å². The summed E-state index contributed by atoms with van der Waals surface area (Å²) < 4.78 is 0.959. The molecule has 1 amide bonds. The van der Waals surface area contributed by atoms with Crippen LogP contribution in [-0.2, 0) is 11.3 Å². The minimum Gasteiger partial charge on any atom is -0.370 e. The number of anilines is 1. The number of aromatic nitrogens is 2. The summed E-state index contributed by atoms with van der Waals surface area (Å²) in [6.45, 7) is 1.15. The fourth-order valence-electron chi connectivity index (χ4n) is 2.58. The van der Waals surface area contributed by atoms with Crippen LogP contribution in [0.2, 0.25) is 0 Å². The van der Waals surface area contributed by atoms with Gasteiger partial charge in [-0.3, -0.25) is 4.79 Å². The van der Waals surface area contributed by atoms with Crippen molar-refractivity contribution in [3.63, 3.8) is 0 Å². The number of primary amides is 1. The number of fused-ring (bicyclic) bond motifs is 1. The number of benzene rings is 2. The highest BCUT2D eigenvalue weighted by molar-refractivity contribution is 9.10. The molecule has 0 unspecified atom stereocenters. The Labute approximate surface area is 148 Å². The third-order valence-corrected chi connectivity index (χ3v) is 4.21. The van der Waals surface area contributed by atoms with E-state index in [-0.39, 0.29) is 12.3 Å². The van der Waals surface area contributed by atoms with E-state index < -0.39 is 0 Å². The van der Waals surface area contributed by atoms with Gasteiger partial charge in [-0.25, -0.2) is 9.97 Å². The van der Waals surface area contributed by atoms with Crippen molar-refractivity contribution < 1.29 is 4.79 Å². The summed E-state index contributed by atoms with van der Waals surface area (Å²) in [6, 6.07) is 16.0. The lowest BCUT2D eigenvalue weighted by Crippen LogP contribution is -2.28. The van der Waals surface area contributed by atoms with Crippen molar-refractivity contribution in [1.82, 2.24) is 9.97 Å². The molecule has 1 aromatic heterocycles.